The molecule has 5 nitrogen and oxygen atoms in total. The minimum atomic E-state index is -0.0102. The first-order valence-corrected chi connectivity index (χ1v) is 7.77. The van der Waals surface area contributed by atoms with Gasteiger partial charge in [0, 0.05) is 37.6 Å². The van der Waals surface area contributed by atoms with Crippen molar-refractivity contribution in [3.8, 4) is 0 Å². The van der Waals surface area contributed by atoms with Crippen molar-refractivity contribution < 1.29 is 9.53 Å². The molecular formula is C16H25N3O2. The Balaban J connectivity index is 2.05. The average molecular weight is 291 g/mol. The van der Waals surface area contributed by atoms with Crippen LogP contribution in [0.3, 0.4) is 0 Å². The summed E-state index contributed by atoms with van der Waals surface area (Å²) in [7, 11) is 0. The fraction of sp³-hybridized carbons (Fsp3) is 0.625. The Bertz CT molecular complexity index is 474. The quantitative estimate of drug-likeness (QED) is 0.906. The molecule has 1 aliphatic heterocycles. The predicted octanol–water partition coefficient (Wildman–Crippen LogP) is 2.54. The summed E-state index contributed by atoms with van der Waals surface area (Å²) in [6.45, 7) is 8.24. The molecule has 1 N–H and O–H groups in total. The number of hydrogen-bond acceptors (Lipinski definition) is 4. The first kappa shape index (κ1) is 15.8. The molecule has 1 aromatic rings. The monoisotopic (exact) mass is 291 g/mol. The lowest BCUT2D eigenvalue weighted by atomic mass is 10.0. The number of pyridine rings is 1. The van der Waals surface area contributed by atoms with Gasteiger partial charge in [0.1, 0.15) is 5.69 Å². The van der Waals surface area contributed by atoms with Gasteiger partial charge < -0.3 is 15.0 Å². The maximum Gasteiger partial charge on any atom is 0.272 e. The third-order valence-corrected chi connectivity index (χ3v) is 3.89. The highest BCUT2D eigenvalue weighted by molar-refractivity contribution is 5.93. The molecule has 2 atom stereocenters. The topological polar surface area (TPSA) is 54.5 Å². The van der Waals surface area contributed by atoms with E-state index in [9.17, 15) is 4.79 Å². The zero-order valence-corrected chi connectivity index (χ0v) is 13.1. The van der Waals surface area contributed by atoms with E-state index in [1.165, 1.54) is 0 Å². The molecule has 1 saturated heterocycles. The molecule has 2 heterocycles. The van der Waals surface area contributed by atoms with Gasteiger partial charge in [-0.05, 0) is 45.7 Å². The Hall–Kier alpha value is -1.62. The summed E-state index contributed by atoms with van der Waals surface area (Å²) >= 11 is 0. The minimum Gasteiger partial charge on any atom is -0.382 e. The van der Waals surface area contributed by atoms with E-state index < -0.39 is 0 Å². The molecule has 0 spiro atoms. The summed E-state index contributed by atoms with van der Waals surface area (Å²) in [5, 5.41) is 3.49. The van der Waals surface area contributed by atoms with E-state index in [1.54, 1.807) is 11.1 Å². The van der Waals surface area contributed by atoms with Gasteiger partial charge in [0.25, 0.3) is 5.91 Å². The molecule has 116 valence electrons. The van der Waals surface area contributed by atoms with Crippen LogP contribution in [0.2, 0.25) is 0 Å². The van der Waals surface area contributed by atoms with Crippen molar-refractivity contribution >= 4 is 11.6 Å². The predicted molar refractivity (Wildman–Crippen MR) is 83.5 cm³/mol. The highest BCUT2D eigenvalue weighted by Crippen LogP contribution is 2.19. The molecule has 0 aromatic carbocycles. The molecule has 0 bridgehead atoms. The van der Waals surface area contributed by atoms with Crippen LogP contribution in [0, 0.1) is 0 Å². The lowest BCUT2D eigenvalue weighted by Gasteiger charge is -2.28. The van der Waals surface area contributed by atoms with Gasteiger partial charge in [0.05, 0.1) is 6.10 Å². The Morgan fingerprint density at radius 2 is 2.24 bits per heavy atom. The zero-order chi connectivity index (χ0) is 15.2. The summed E-state index contributed by atoms with van der Waals surface area (Å²) < 4.78 is 5.56. The average Bonchev–Trinajstić information content (AvgIpc) is 2.48. The van der Waals surface area contributed by atoms with Crippen LogP contribution in [-0.2, 0) is 4.74 Å². The van der Waals surface area contributed by atoms with Crippen LogP contribution < -0.4 is 5.32 Å². The summed E-state index contributed by atoms with van der Waals surface area (Å²) in [4.78, 5) is 18.3. The van der Waals surface area contributed by atoms with Crippen LogP contribution >= 0.6 is 0 Å². The van der Waals surface area contributed by atoms with Gasteiger partial charge in [-0.2, -0.15) is 0 Å². The zero-order valence-electron chi connectivity index (χ0n) is 13.1. The summed E-state index contributed by atoms with van der Waals surface area (Å²) in [5.74, 6) is -0.0102. The maximum atomic E-state index is 12.3. The number of aromatic nitrogens is 1. The highest BCUT2D eigenvalue weighted by atomic mass is 16.5. The van der Waals surface area contributed by atoms with Crippen molar-refractivity contribution in [2.45, 2.75) is 45.8 Å². The van der Waals surface area contributed by atoms with Gasteiger partial charge in [-0.15, -0.1) is 0 Å². The van der Waals surface area contributed by atoms with Crippen LogP contribution in [0.25, 0.3) is 0 Å². The summed E-state index contributed by atoms with van der Waals surface area (Å²) in [6, 6.07) is 4.16. The van der Waals surface area contributed by atoms with Crippen LogP contribution in [-0.4, -0.2) is 47.6 Å². The fourth-order valence-electron chi connectivity index (χ4n) is 2.67. The standard InChI is InChI=1S/C16H25N3O2/c1-4-19(5-2)16(20)15-11-13(6-8-17-15)18-14-7-9-21-12(3)10-14/h6,8,11-12,14H,4-5,7,9-10H2,1-3H3,(H,17,18). The van der Waals surface area contributed by atoms with E-state index in [-0.39, 0.29) is 12.0 Å². The third-order valence-electron chi connectivity index (χ3n) is 3.89. The second kappa shape index (κ2) is 7.41. The molecule has 2 rings (SSSR count). The molecule has 1 fully saturated rings. The second-order valence-electron chi connectivity index (χ2n) is 5.45. The maximum absolute atomic E-state index is 12.3. The number of carbonyl (C=O) groups excluding carboxylic acids is 1. The SMILES string of the molecule is CCN(CC)C(=O)c1cc(NC2CCOC(C)C2)ccn1. The Morgan fingerprint density at radius 3 is 2.90 bits per heavy atom. The summed E-state index contributed by atoms with van der Waals surface area (Å²) in [5.41, 5.74) is 1.46. The number of amides is 1. The van der Waals surface area contributed by atoms with Crippen LogP contribution in [0.5, 0.6) is 0 Å². The first-order chi connectivity index (χ1) is 10.1. The first-order valence-electron chi connectivity index (χ1n) is 7.77. The molecule has 0 radical (unpaired) electrons. The van der Waals surface area contributed by atoms with Crippen molar-refractivity contribution in [2.75, 3.05) is 25.0 Å². The molecule has 1 aliphatic rings. The van der Waals surface area contributed by atoms with Gasteiger partial charge in [0.2, 0.25) is 0 Å². The smallest absolute Gasteiger partial charge is 0.272 e. The fourth-order valence-corrected chi connectivity index (χ4v) is 2.67. The van der Waals surface area contributed by atoms with Gasteiger partial charge >= 0.3 is 0 Å². The van der Waals surface area contributed by atoms with E-state index in [4.69, 9.17) is 4.74 Å². The van der Waals surface area contributed by atoms with E-state index >= 15 is 0 Å². The second-order valence-corrected chi connectivity index (χ2v) is 5.45. The molecular weight excluding hydrogens is 266 g/mol. The van der Waals surface area contributed by atoms with Crippen molar-refractivity contribution in [3.05, 3.63) is 24.0 Å². The number of ether oxygens (including phenoxy) is 1. The molecule has 2 unspecified atom stereocenters. The van der Waals surface area contributed by atoms with Gasteiger partial charge in [-0.1, -0.05) is 0 Å². The van der Waals surface area contributed by atoms with Crippen LogP contribution in [0.1, 0.15) is 44.1 Å². The van der Waals surface area contributed by atoms with Gasteiger partial charge in [-0.3, -0.25) is 9.78 Å². The van der Waals surface area contributed by atoms with Crippen LogP contribution in [0.15, 0.2) is 18.3 Å². The molecule has 0 aliphatic carbocycles. The molecule has 1 aromatic heterocycles. The number of carbonyl (C=O) groups is 1. The number of anilines is 1. The number of rotatable bonds is 5. The lowest BCUT2D eigenvalue weighted by molar-refractivity contribution is 0.0232. The van der Waals surface area contributed by atoms with Gasteiger partial charge in [-0.25, -0.2) is 0 Å². The number of nitrogens with zero attached hydrogens (tertiary/aromatic N) is 2. The Labute approximate surface area is 126 Å². The Kier molecular flexibility index (Phi) is 5.56. The van der Waals surface area contributed by atoms with E-state index in [1.807, 2.05) is 26.0 Å². The highest BCUT2D eigenvalue weighted by Gasteiger charge is 2.20. The largest absolute Gasteiger partial charge is 0.382 e. The van der Waals surface area contributed by atoms with E-state index in [0.29, 0.717) is 24.8 Å². The third kappa shape index (κ3) is 4.17. The lowest BCUT2D eigenvalue weighted by Crippen LogP contribution is -2.33. The van der Waals surface area contributed by atoms with E-state index in [2.05, 4.69) is 17.2 Å². The van der Waals surface area contributed by atoms with Crippen molar-refractivity contribution in [3.63, 3.8) is 0 Å². The normalized spacial score (nSPS) is 21.9. The molecule has 1 amide bonds. The Morgan fingerprint density at radius 1 is 1.48 bits per heavy atom. The molecule has 0 saturated carbocycles. The summed E-state index contributed by atoms with van der Waals surface area (Å²) in [6.07, 6.45) is 3.96. The van der Waals surface area contributed by atoms with Gasteiger partial charge in [0.15, 0.2) is 0 Å². The van der Waals surface area contributed by atoms with E-state index in [0.717, 1.165) is 25.1 Å². The van der Waals surface area contributed by atoms with Crippen molar-refractivity contribution in [1.29, 1.82) is 0 Å². The minimum absolute atomic E-state index is 0.0102. The van der Waals surface area contributed by atoms with Crippen LogP contribution in [0.4, 0.5) is 5.69 Å². The number of nitrogens with one attached hydrogen (secondary N) is 1. The van der Waals surface area contributed by atoms with Crippen molar-refractivity contribution in [2.24, 2.45) is 0 Å². The van der Waals surface area contributed by atoms with Crippen molar-refractivity contribution in [1.82, 2.24) is 9.88 Å². The molecule has 5 heteroatoms. The molecule has 21 heavy (non-hydrogen) atoms. The number of hydrogen-bond donors (Lipinski definition) is 1.